The Hall–Kier alpha value is 0.960. The second kappa shape index (κ2) is 3.21. The van der Waals surface area contributed by atoms with Crippen molar-refractivity contribution in [3.8, 4) is 0 Å². The van der Waals surface area contributed by atoms with Gasteiger partial charge in [0.05, 0.1) is 6.10 Å². The van der Waals surface area contributed by atoms with Crippen LogP contribution < -0.4 is 0 Å². The fourth-order valence-corrected chi connectivity index (χ4v) is 2.22. The summed E-state index contributed by atoms with van der Waals surface area (Å²) in [6.45, 7) is 3.52. The molecule has 1 atom stereocenters. The van der Waals surface area contributed by atoms with Crippen molar-refractivity contribution >= 4 is 32.2 Å². The van der Waals surface area contributed by atoms with Crippen LogP contribution in [0.15, 0.2) is 0 Å². The standard InChI is InChI=1S/C3H7BrClO2P/c1-3(2)7-8(4,5)6/h3H,1-2H3. The van der Waals surface area contributed by atoms with Gasteiger partial charge < -0.3 is 4.52 Å². The lowest BCUT2D eigenvalue weighted by molar-refractivity contribution is 0.261. The van der Waals surface area contributed by atoms with Crippen molar-refractivity contribution in [1.29, 1.82) is 0 Å². The van der Waals surface area contributed by atoms with E-state index in [-0.39, 0.29) is 6.10 Å². The van der Waals surface area contributed by atoms with Crippen LogP contribution in [0.1, 0.15) is 13.8 Å². The number of hydrogen-bond donors (Lipinski definition) is 0. The third-order valence-corrected chi connectivity index (χ3v) is 1.74. The molecular formula is C3H7BrClO2P. The normalized spacial score (nSPS) is 18.6. The quantitative estimate of drug-likeness (QED) is 0.670. The molecule has 0 aromatic heterocycles. The number of hydrogen-bond acceptors (Lipinski definition) is 2. The molecule has 0 aliphatic rings. The van der Waals surface area contributed by atoms with E-state index in [2.05, 4.69) is 20.0 Å². The van der Waals surface area contributed by atoms with Crippen LogP contribution in [0.3, 0.4) is 0 Å². The molecule has 0 aliphatic carbocycles. The summed E-state index contributed by atoms with van der Waals surface area (Å²) >= 11 is 7.86. The lowest BCUT2D eigenvalue weighted by Gasteiger charge is -2.05. The van der Waals surface area contributed by atoms with Gasteiger partial charge in [-0.05, 0) is 25.1 Å². The first-order valence-electron chi connectivity index (χ1n) is 2.09. The summed E-state index contributed by atoms with van der Waals surface area (Å²) in [6, 6.07) is 0. The van der Waals surface area contributed by atoms with Crippen LogP contribution >= 0.6 is 32.2 Å². The molecule has 0 amide bonds. The zero-order chi connectivity index (χ0) is 6.78. The van der Waals surface area contributed by atoms with Crippen LogP contribution in [0.2, 0.25) is 0 Å². The first kappa shape index (κ1) is 8.96. The van der Waals surface area contributed by atoms with Gasteiger partial charge >= 0.3 is 5.42 Å². The first-order chi connectivity index (χ1) is 3.42. The van der Waals surface area contributed by atoms with Crippen LogP contribution in [0.5, 0.6) is 0 Å². The van der Waals surface area contributed by atoms with Crippen molar-refractivity contribution in [2.75, 3.05) is 0 Å². The lowest BCUT2D eigenvalue weighted by Crippen LogP contribution is -1.93. The van der Waals surface area contributed by atoms with E-state index in [1.54, 1.807) is 13.8 Å². The summed E-state index contributed by atoms with van der Waals surface area (Å²) in [4.78, 5) is 0. The maximum Gasteiger partial charge on any atom is 0.354 e. The Morgan fingerprint density at radius 1 is 1.75 bits per heavy atom. The predicted octanol–water partition coefficient (Wildman–Crippen LogP) is 3.15. The van der Waals surface area contributed by atoms with Crippen molar-refractivity contribution in [3.05, 3.63) is 0 Å². The molecule has 0 aliphatic heterocycles. The molecule has 1 unspecified atom stereocenters. The summed E-state index contributed by atoms with van der Waals surface area (Å²) in [5.41, 5.74) is -2.94. The van der Waals surface area contributed by atoms with Crippen molar-refractivity contribution in [2.45, 2.75) is 20.0 Å². The smallest absolute Gasteiger partial charge is 0.307 e. The highest BCUT2D eigenvalue weighted by atomic mass is 79.9. The highest BCUT2D eigenvalue weighted by Crippen LogP contribution is 2.60. The average Bonchev–Trinajstić information content (AvgIpc) is 1.21. The van der Waals surface area contributed by atoms with E-state index in [1.165, 1.54) is 0 Å². The molecule has 0 radical (unpaired) electrons. The van der Waals surface area contributed by atoms with Gasteiger partial charge in [-0.3, -0.25) is 4.57 Å². The van der Waals surface area contributed by atoms with E-state index in [0.717, 1.165) is 0 Å². The third kappa shape index (κ3) is 6.96. The molecule has 5 heteroatoms. The summed E-state index contributed by atoms with van der Waals surface area (Å²) in [5, 5.41) is 0. The van der Waals surface area contributed by atoms with Gasteiger partial charge in [0, 0.05) is 15.5 Å². The molecule has 0 rings (SSSR count). The maximum absolute atomic E-state index is 10.5. The zero-order valence-electron chi connectivity index (χ0n) is 4.60. The topological polar surface area (TPSA) is 26.3 Å². The van der Waals surface area contributed by atoms with E-state index < -0.39 is 5.42 Å². The SMILES string of the molecule is CC(C)OP(=O)(Cl)Br. The monoisotopic (exact) mass is 220 g/mol. The molecule has 8 heavy (non-hydrogen) atoms. The van der Waals surface area contributed by atoms with Gasteiger partial charge in [-0.25, -0.2) is 0 Å². The lowest BCUT2D eigenvalue weighted by atomic mass is 10.5. The second-order valence-electron chi connectivity index (χ2n) is 1.57. The van der Waals surface area contributed by atoms with Gasteiger partial charge in [0.2, 0.25) is 0 Å². The molecule has 0 aromatic rings. The van der Waals surface area contributed by atoms with E-state index in [9.17, 15) is 4.57 Å². The summed E-state index contributed by atoms with van der Waals surface area (Å²) in [5.74, 6) is 0. The third-order valence-electron chi connectivity index (χ3n) is 0.334. The zero-order valence-corrected chi connectivity index (χ0v) is 7.83. The minimum absolute atomic E-state index is 0.0993. The van der Waals surface area contributed by atoms with E-state index in [1.807, 2.05) is 0 Å². The van der Waals surface area contributed by atoms with Crippen LogP contribution in [0.25, 0.3) is 0 Å². The summed E-state index contributed by atoms with van der Waals surface area (Å²) in [6.07, 6.45) is -0.0993. The number of halogens is 2. The Balaban J connectivity index is 3.56. The average molecular weight is 221 g/mol. The first-order valence-corrected chi connectivity index (χ1v) is 6.64. The minimum Gasteiger partial charge on any atom is -0.307 e. The van der Waals surface area contributed by atoms with E-state index in [4.69, 9.17) is 11.2 Å². The molecule has 50 valence electrons. The van der Waals surface area contributed by atoms with Crippen molar-refractivity contribution in [2.24, 2.45) is 0 Å². The molecule has 0 saturated heterocycles. The Bertz CT molecular complexity index is 110. The second-order valence-corrected chi connectivity index (χ2v) is 7.97. The Kier molecular flexibility index (Phi) is 3.60. The van der Waals surface area contributed by atoms with Gasteiger partial charge in [-0.15, -0.1) is 0 Å². The molecule has 0 saturated carbocycles. The van der Waals surface area contributed by atoms with Crippen molar-refractivity contribution in [1.82, 2.24) is 0 Å². The fourth-order valence-electron chi connectivity index (χ4n) is 0.245. The summed E-state index contributed by atoms with van der Waals surface area (Å²) in [7, 11) is 0. The summed E-state index contributed by atoms with van der Waals surface area (Å²) < 4.78 is 15.2. The molecule has 2 nitrogen and oxygen atoms in total. The van der Waals surface area contributed by atoms with Crippen molar-refractivity contribution in [3.63, 3.8) is 0 Å². The van der Waals surface area contributed by atoms with Crippen molar-refractivity contribution < 1.29 is 9.09 Å². The van der Waals surface area contributed by atoms with Gasteiger partial charge in [0.25, 0.3) is 0 Å². The van der Waals surface area contributed by atoms with Gasteiger partial charge in [-0.1, -0.05) is 0 Å². The highest BCUT2D eigenvalue weighted by molar-refractivity contribution is 9.42. The van der Waals surface area contributed by atoms with Gasteiger partial charge in [0.1, 0.15) is 0 Å². The van der Waals surface area contributed by atoms with Crippen LogP contribution in [0, 0.1) is 0 Å². The predicted molar refractivity (Wildman–Crippen MR) is 38.6 cm³/mol. The van der Waals surface area contributed by atoms with Gasteiger partial charge in [-0.2, -0.15) is 0 Å². The molecule has 0 fully saturated rings. The Morgan fingerprint density at radius 2 is 2.12 bits per heavy atom. The van der Waals surface area contributed by atoms with Crippen LogP contribution in [0.4, 0.5) is 0 Å². The van der Waals surface area contributed by atoms with Crippen LogP contribution in [-0.4, -0.2) is 6.10 Å². The molecule has 0 spiro atoms. The maximum atomic E-state index is 10.5. The Labute approximate surface area is 61.5 Å². The fraction of sp³-hybridized carbons (Fsp3) is 1.00. The molecule has 0 heterocycles. The molecule has 0 N–H and O–H groups in total. The van der Waals surface area contributed by atoms with Crippen LogP contribution in [-0.2, 0) is 9.09 Å². The number of rotatable bonds is 2. The van der Waals surface area contributed by atoms with E-state index >= 15 is 0 Å². The largest absolute Gasteiger partial charge is 0.354 e. The van der Waals surface area contributed by atoms with E-state index in [0.29, 0.717) is 0 Å². The molecule has 0 bridgehead atoms. The van der Waals surface area contributed by atoms with Gasteiger partial charge in [0.15, 0.2) is 0 Å². The Morgan fingerprint density at radius 3 is 2.12 bits per heavy atom. The highest BCUT2D eigenvalue weighted by Gasteiger charge is 2.14. The minimum atomic E-state index is -2.94. The molecular weight excluding hydrogens is 214 g/mol. The molecule has 0 aromatic carbocycles.